The van der Waals surface area contributed by atoms with Crippen molar-refractivity contribution in [3.8, 4) is 28.6 Å². The minimum absolute atomic E-state index is 0.278. The number of carboxylic acid groups (broad SMARTS) is 1. The van der Waals surface area contributed by atoms with E-state index in [0.717, 1.165) is 9.13 Å². The van der Waals surface area contributed by atoms with Gasteiger partial charge in [0.25, 0.3) is 5.89 Å². The van der Waals surface area contributed by atoms with Crippen molar-refractivity contribution >= 4 is 28.6 Å². The van der Waals surface area contributed by atoms with Crippen LogP contribution in [-0.2, 0) is 4.79 Å². The quantitative estimate of drug-likeness (QED) is 0.634. The third-order valence-corrected chi connectivity index (χ3v) is 3.95. The third kappa shape index (κ3) is 3.50. The fourth-order valence-electron chi connectivity index (χ4n) is 1.99. The van der Waals surface area contributed by atoms with Crippen LogP contribution in [0.5, 0.6) is 5.75 Å². The molecule has 116 valence electrons. The van der Waals surface area contributed by atoms with Crippen molar-refractivity contribution < 1.29 is 19.2 Å². The van der Waals surface area contributed by atoms with Crippen molar-refractivity contribution in [2.75, 3.05) is 6.61 Å². The number of para-hydroxylation sites is 1. The lowest BCUT2D eigenvalue weighted by Gasteiger charge is -2.06. The standard InChI is InChI=1S/C16H11IN2O4/c17-12-7-3-1-5-10(12)15-18-16(23-19-15)11-6-2-4-8-13(11)22-9-14(20)21/h1-8H,9H2,(H,20,21). The molecule has 0 saturated carbocycles. The summed E-state index contributed by atoms with van der Waals surface area (Å²) in [5.74, 6) is 0.0800. The Morgan fingerprint density at radius 3 is 2.57 bits per heavy atom. The van der Waals surface area contributed by atoms with Gasteiger partial charge in [-0.05, 0) is 46.9 Å². The van der Waals surface area contributed by atoms with E-state index in [2.05, 4.69) is 32.7 Å². The van der Waals surface area contributed by atoms with Crippen LogP contribution in [0.15, 0.2) is 53.1 Å². The number of hydrogen-bond acceptors (Lipinski definition) is 5. The van der Waals surface area contributed by atoms with Crippen molar-refractivity contribution in [2.24, 2.45) is 0 Å². The first kappa shape index (κ1) is 15.5. The highest BCUT2D eigenvalue weighted by molar-refractivity contribution is 14.1. The Hall–Kier alpha value is -2.42. The lowest BCUT2D eigenvalue weighted by atomic mass is 10.2. The molecule has 0 unspecified atom stereocenters. The van der Waals surface area contributed by atoms with Gasteiger partial charge in [-0.15, -0.1) is 0 Å². The Morgan fingerprint density at radius 2 is 1.83 bits per heavy atom. The average molecular weight is 422 g/mol. The van der Waals surface area contributed by atoms with Crippen molar-refractivity contribution in [1.82, 2.24) is 10.1 Å². The zero-order chi connectivity index (χ0) is 16.2. The maximum atomic E-state index is 10.7. The predicted octanol–water partition coefficient (Wildman–Crippen LogP) is 3.47. The monoisotopic (exact) mass is 422 g/mol. The van der Waals surface area contributed by atoms with E-state index in [9.17, 15) is 4.79 Å². The number of benzene rings is 2. The summed E-state index contributed by atoms with van der Waals surface area (Å²) in [6.07, 6.45) is 0. The fourth-order valence-corrected chi connectivity index (χ4v) is 2.62. The van der Waals surface area contributed by atoms with Gasteiger partial charge in [0.1, 0.15) is 5.75 Å². The van der Waals surface area contributed by atoms with Gasteiger partial charge in [0.15, 0.2) is 6.61 Å². The number of rotatable bonds is 5. The summed E-state index contributed by atoms with van der Waals surface area (Å²) in [7, 11) is 0. The zero-order valence-corrected chi connectivity index (χ0v) is 13.9. The van der Waals surface area contributed by atoms with Crippen molar-refractivity contribution in [2.45, 2.75) is 0 Å². The van der Waals surface area contributed by atoms with Crippen LogP contribution in [0, 0.1) is 3.57 Å². The average Bonchev–Trinajstić information content (AvgIpc) is 3.03. The first-order chi connectivity index (χ1) is 11.1. The highest BCUT2D eigenvalue weighted by atomic mass is 127. The number of hydrogen-bond donors (Lipinski definition) is 1. The van der Waals surface area contributed by atoms with E-state index in [0.29, 0.717) is 17.1 Å². The molecule has 3 rings (SSSR count). The molecule has 3 aromatic rings. The normalized spacial score (nSPS) is 10.5. The van der Waals surface area contributed by atoms with Gasteiger partial charge in [-0.2, -0.15) is 4.98 Å². The highest BCUT2D eigenvalue weighted by Crippen LogP contribution is 2.31. The predicted molar refractivity (Wildman–Crippen MR) is 91.0 cm³/mol. The second-order valence-corrected chi connectivity index (χ2v) is 5.74. The van der Waals surface area contributed by atoms with Gasteiger partial charge in [0, 0.05) is 9.13 Å². The molecule has 0 aliphatic carbocycles. The smallest absolute Gasteiger partial charge is 0.341 e. The van der Waals surface area contributed by atoms with E-state index in [1.54, 1.807) is 24.3 Å². The first-order valence-electron chi connectivity index (χ1n) is 6.68. The Kier molecular flexibility index (Phi) is 4.56. The second kappa shape index (κ2) is 6.78. The Labute approximate surface area is 145 Å². The van der Waals surface area contributed by atoms with Crippen LogP contribution in [0.25, 0.3) is 22.8 Å². The summed E-state index contributed by atoms with van der Waals surface area (Å²) in [6, 6.07) is 14.6. The number of aliphatic carboxylic acids is 1. The maximum Gasteiger partial charge on any atom is 0.341 e. The van der Waals surface area contributed by atoms with Gasteiger partial charge >= 0.3 is 5.97 Å². The Bertz CT molecular complexity index is 847. The van der Waals surface area contributed by atoms with Crippen LogP contribution in [0.3, 0.4) is 0 Å². The van der Waals surface area contributed by atoms with Gasteiger partial charge in [-0.3, -0.25) is 0 Å². The lowest BCUT2D eigenvalue weighted by molar-refractivity contribution is -0.139. The molecule has 0 aliphatic heterocycles. The van der Waals surface area contributed by atoms with Crippen LogP contribution in [0.4, 0.5) is 0 Å². The largest absolute Gasteiger partial charge is 0.481 e. The molecular formula is C16H11IN2O4. The molecule has 2 aromatic carbocycles. The maximum absolute atomic E-state index is 10.7. The summed E-state index contributed by atoms with van der Waals surface area (Å²) in [5, 5.41) is 12.7. The highest BCUT2D eigenvalue weighted by Gasteiger charge is 2.16. The summed E-state index contributed by atoms with van der Waals surface area (Å²) in [4.78, 5) is 15.1. The molecule has 6 nitrogen and oxygen atoms in total. The first-order valence-corrected chi connectivity index (χ1v) is 7.75. The second-order valence-electron chi connectivity index (χ2n) is 4.58. The molecule has 0 radical (unpaired) electrons. The van der Waals surface area contributed by atoms with Crippen LogP contribution in [0.1, 0.15) is 0 Å². The van der Waals surface area contributed by atoms with E-state index in [1.807, 2.05) is 24.3 Å². The summed E-state index contributed by atoms with van der Waals surface area (Å²) >= 11 is 2.20. The molecule has 0 bridgehead atoms. The van der Waals surface area contributed by atoms with Crippen molar-refractivity contribution in [3.05, 3.63) is 52.1 Å². The summed E-state index contributed by atoms with van der Waals surface area (Å²) in [6.45, 7) is -0.436. The van der Waals surface area contributed by atoms with Gasteiger partial charge in [-0.1, -0.05) is 29.4 Å². The molecule has 0 aliphatic rings. The van der Waals surface area contributed by atoms with Crippen LogP contribution >= 0.6 is 22.6 Å². The van der Waals surface area contributed by atoms with Crippen LogP contribution in [0.2, 0.25) is 0 Å². The molecule has 0 spiro atoms. The number of carbonyl (C=O) groups is 1. The molecule has 1 heterocycles. The van der Waals surface area contributed by atoms with E-state index in [4.69, 9.17) is 14.4 Å². The molecule has 0 amide bonds. The SMILES string of the molecule is O=C(O)COc1ccccc1-c1nc(-c2ccccc2I)no1. The fraction of sp³-hybridized carbons (Fsp3) is 0.0625. The molecule has 0 atom stereocenters. The summed E-state index contributed by atoms with van der Waals surface area (Å²) < 4.78 is 11.6. The van der Waals surface area contributed by atoms with Gasteiger partial charge in [0.2, 0.25) is 5.82 Å². The van der Waals surface area contributed by atoms with Crippen LogP contribution < -0.4 is 4.74 Å². The van der Waals surface area contributed by atoms with E-state index in [1.165, 1.54) is 0 Å². The molecule has 0 fully saturated rings. The lowest BCUT2D eigenvalue weighted by Crippen LogP contribution is -2.09. The molecule has 1 N–H and O–H groups in total. The molecule has 23 heavy (non-hydrogen) atoms. The van der Waals surface area contributed by atoms with E-state index < -0.39 is 12.6 Å². The minimum atomic E-state index is -1.05. The van der Waals surface area contributed by atoms with Crippen molar-refractivity contribution in [1.29, 1.82) is 0 Å². The van der Waals surface area contributed by atoms with E-state index in [-0.39, 0.29) is 5.89 Å². The number of carboxylic acids is 1. The zero-order valence-electron chi connectivity index (χ0n) is 11.8. The van der Waals surface area contributed by atoms with Gasteiger partial charge in [0.05, 0.1) is 5.56 Å². The molecule has 1 aromatic heterocycles. The third-order valence-electron chi connectivity index (χ3n) is 3.01. The topological polar surface area (TPSA) is 85.5 Å². The number of aromatic nitrogens is 2. The minimum Gasteiger partial charge on any atom is -0.481 e. The number of nitrogens with zero attached hydrogens (tertiary/aromatic N) is 2. The molecular weight excluding hydrogens is 411 g/mol. The molecule has 7 heteroatoms. The summed E-state index contributed by atoms with van der Waals surface area (Å²) in [5.41, 5.74) is 1.42. The Balaban J connectivity index is 1.95. The van der Waals surface area contributed by atoms with Gasteiger partial charge in [-0.25, -0.2) is 4.79 Å². The van der Waals surface area contributed by atoms with Crippen LogP contribution in [-0.4, -0.2) is 27.8 Å². The molecule has 0 saturated heterocycles. The van der Waals surface area contributed by atoms with Gasteiger partial charge < -0.3 is 14.4 Å². The Morgan fingerprint density at radius 1 is 1.13 bits per heavy atom. The van der Waals surface area contributed by atoms with Crippen molar-refractivity contribution in [3.63, 3.8) is 0 Å². The van der Waals surface area contributed by atoms with E-state index >= 15 is 0 Å². The number of halogens is 1. The number of ether oxygens (including phenoxy) is 1.